The average Bonchev–Trinajstić information content (AvgIpc) is 3.03. The number of aromatic nitrogens is 2. The van der Waals surface area contributed by atoms with Crippen LogP contribution in [0.2, 0.25) is 0 Å². The van der Waals surface area contributed by atoms with E-state index >= 15 is 0 Å². The zero-order valence-corrected chi connectivity index (χ0v) is 13.3. The number of hydrogen-bond donors (Lipinski definition) is 1. The second kappa shape index (κ2) is 7.02. The number of benzene rings is 2. The Morgan fingerprint density at radius 3 is 2.65 bits per heavy atom. The van der Waals surface area contributed by atoms with Crippen LogP contribution in [0.5, 0.6) is 5.75 Å². The van der Waals surface area contributed by atoms with Crippen LogP contribution in [-0.2, 0) is 4.79 Å². The fourth-order valence-corrected chi connectivity index (χ4v) is 2.60. The van der Waals surface area contributed by atoms with Crippen LogP contribution in [0.4, 0.5) is 5.13 Å². The molecule has 6 heteroatoms. The van der Waals surface area contributed by atoms with Gasteiger partial charge in [-0.15, -0.1) is 0 Å². The average molecular weight is 325 g/mol. The number of carbonyl (C=O) groups is 1. The Morgan fingerprint density at radius 2 is 1.87 bits per heavy atom. The van der Waals surface area contributed by atoms with E-state index in [-0.39, 0.29) is 12.5 Å². The first kappa shape index (κ1) is 15.2. The Hall–Kier alpha value is -2.73. The van der Waals surface area contributed by atoms with E-state index in [1.54, 1.807) is 0 Å². The number of ether oxygens (including phenoxy) is 1. The summed E-state index contributed by atoms with van der Waals surface area (Å²) >= 11 is 1.15. The van der Waals surface area contributed by atoms with Crippen molar-refractivity contribution in [2.45, 2.75) is 6.92 Å². The molecule has 0 fully saturated rings. The molecular weight excluding hydrogens is 310 g/mol. The molecule has 1 N–H and O–H groups in total. The van der Waals surface area contributed by atoms with Gasteiger partial charge in [0.25, 0.3) is 5.91 Å². The Balaban J connectivity index is 1.58. The number of anilines is 1. The Bertz CT molecular complexity index is 802. The minimum Gasteiger partial charge on any atom is -0.483 e. The van der Waals surface area contributed by atoms with Crippen LogP contribution in [-0.4, -0.2) is 21.9 Å². The van der Waals surface area contributed by atoms with E-state index in [4.69, 9.17) is 4.74 Å². The Labute approximate surface area is 138 Å². The molecule has 1 aromatic heterocycles. The van der Waals surface area contributed by atoms with Gasteiger partial charge in [0, 0.05) is 17.1 Å². The van der Waals surface area contributed by atoms with Gasteiger partial charge in [-0.1, -0.05) is 48.5 Å². The normalized spacial score (nSPS) is 10.3. The number of nitrogens with zero attached hydrogens (tertiary/aromatic N) is 2. The van der Waals surface area contributed by atoms with E-state index < -0.39 is 0 Å². The van der Waals surface area contributed by atoms with Gasteiger partial charge >= 0.3 is 0 Å². The van der Waals surface area contributed by atoms with Gasteiger partial charge in [0.05, 0.1) is 0 Å². The maximum absolute atomic E-state index is 11.9. The standard InChI is InChI=1S/C17H15N3O2S/c1-12-7-5-6-10-14(12)22-11-15(21)18-17-19-16(20-23-17)13-8-3-2-4-9-13/h2-10H,11H2,1H3,(H,18,19,20,21). The maximum Gasteiger partial charge on any atom is 0.264 e. The first-order valence-corrected chi connectivity index (χ1v) is 7.87. The second-order valence-electron chi connectivity index (χ2n) is 4.89. The second-order valence-corrected chi connectivity index (χ2v) is 5.64. The van der Waals surface area contributed by atoms with Gasteiger partial charge in [0.15, 0.2) is 12.4 Å². The molecule has 23 heavy (non-hydrogen) atoms. The largest absolute Gasteiger partial charge is 0.483 e. The zero-order valence-electron chi connectivity index (χ0n) is 12.5. The Kier molecular flexibility index (Phi) is 4.63. The molecule has 0 saturated carbocycles. The van der Waals surface area contributed by atoms with Crippen molar-refractivity contribution in [1.82, 2.24) is 9.36 Å². The fourth-order valence-electron chi connectivity index (χ4n) is 2.00. The van der Waals surface area contributed by atoms with Gasteiger partial charge in [-0.05, 0) is 18.6 Å². The van der Waals surface area contributed by atoms with Crippen LogP contribution >= 0.6 is 11.5 Å². The minimum atomic E-state index is -0.260. The highest BCUT2D eigenvalue weighted by Crippen LogP contribution is 2.21. The van der Waals surface area contributed by atoms with Crippen LogP contribution in [0.3, 0.4) is 0 Å². The van der Waals surface area contributed by atoms with Gasteiger partial charge < -0.3 is 4.74 Å². The van der Waals surface area contributed by atoms with Crippen molar-refractivity contribution in [1.29, 1.82) is 0 Å². The molecule has 5 nitrogen and oxygen atoms in total. The van der Waals surface area contributed by atoms with E-state index in [0.29, 0.717) is 16.7 Å². The topological polar surface area (TPSA) is 64.1 Å². The van der Waals surface area contributed by atoms with Crippen molar-refractivity contribution < 1.29 is 9.53 Å². The lowest BCUT2D eigenvalue weighted by atomic mass is 10.2. The molecule has 0 bridgehead atoms. The van der Waals surface area contributed by atoms with Gasteiger partial charge in [-0.3, -0.25) is 10.1 Å². The van der Waals surface area contributed by atoms with Gasteiger partial charge in [0.2, 0.25) is 5.13 Å². The van der Waals surface area contributed by atoms with Crippen molar-refractivity contribution in [3.63, 3.8) is 0 Å². The highest BCUT2D eigenvalue weighted by atomic mass is 32.1. The van der Waals surface area contributed by atoms with E-state index in [1.807, 2.05) is 61.5 Å². The summed E-state index contributed by atoms with van der Waals surface area (Å²) in [5.74, 6) is 1.04. The predicted molar refractivity (Wildman–Crippen MR) is 90.6 cm³/mol. The summed E-state index contributed by atoms with van der Waals surface area (Å²) in [7, 11) is 0. The summed E-state index contributed by atoms with van der Waals surface area (Å²) in [5.41, 5.74) is 1.91. The molecule has 0 spiro atoms. The smallest absolute Gasteiger partial charge is 0.264 e. The molecule has 1 amide bonds. The summed E-state index contributed by atoms with van der Waals surface area (Å²) in [5, 5.41) is 3.16. The van der Waals surface area contributed by atoms with E-state index in [1.165, 1.54) is 0 Å². The lowest BCUT2D eigenvalue weighted by Gasteiger charge is -2.07. The number of para-hydroxylation sites is 1. The molecule has 2 aromatic carbocycles. The van der Waals surface area contributed by atoms with Crippen LogP contribution in [0.15, 0.2) is 54.6 Å². The SMILES string of the molecule is Cc1ccccc1OCC(=O)Nc1nc(-c2ccccc2)ns1. The van der Waals surface area contributed by atoms with Crippen molar-refractivity contribution in [3.05, 3.63) is 60.2 Å². The molecule has 3 aromatic rings. The first-order valence-electron chi connectivity index (χ1n) is 7.10. The number of rotatable bonds is 5. The van der Waals surface area contributed by atoms with Gasteiger partial charge in [-0.2, -0.15) is 9.36 Å². The Morgan fingerprint density at radius 1 is 1.13 bits per heavy atom. The summed E-state index contributed by atoms with van der Waals surface area (Å²) in [4.78, 5) is 16.3. The molecule has 0 atom stereocenters. The van der Waals surface area contributed by atoms with Crippen LogP contribution in [0, 0.1) is 6.92 Å². The quantitative estimate of drug-likeness (QED) is 0.779. The summed E-state index contributed by atoms with van der Waals surface area (Å²) in [6, 6.07) is 17.2. The molecule has 1 heterocycles. The molecule has 3 rings (SSSR count). The van der Waals surface area contributed by atoms with E-state index in [0.717, 1.165) is 22.7 Å². The van der Waals surface area contributed by atoms with Gasteiger partial charge in [-0.25, -0.2) is 0 Å². The minimum absolute atomic E-state index is 0.0644. The lowest BCUT2D eigenvalue weighted by Crippen LogP contribution is -2.20. The number of nitrogens with one attached hydrogen (secondary N) is 1. The monoisotopic (exact) mass is 325 g/mol. The molecule has 0 unspecified atom stereocenters. The van der Waals surface area contributed by atoms with Crippen LogP contribution in [0.1, 0.15) is 5.56 Å². The highest BCUT2D eigenvalue weighted by Gasteiger charge is 2.10. The van der Waals surface area contributed by atoms with Crippen LogP contribution < -0.4 is 10.1 Å². The number of carbonyl (C=O) groups excluding carboxylic acids is 1. The molecule has 0 aliphatic heterocycles. The third-order valence-electron chi connectivity index (χ3n) is 3.16. The predicted octanol–water partition coefficient (Wildman–Crippen LogP) is 3.53. The highest BCUT2D eigenvalue weighted by molar-refractivity contribution is 7.10. The van der Waals surface area contributed by atoms with Gasteiger partial charge in [0.1, 0.15) is 5.75 Å². The molecule has 0 radical (unpaired) electrons. The molecule has 116 valence electrons. The van der Waals surface area contributed by atoms with E-state index in [9.17, 15) is 4.79 Å². The summed E-state index contributed by atoms with van der Waals surface area (Å²) in [6.45, 7) is 1.87. The van der Waals surface area contributed by atoms with Crippen molar-refractivity contribution >= 4 is 22.6 Å². The maximum atomic E-state index is 11.9. The number of aryl methyl sites for hydroxylation is 1. The first-order chi connectivity index (χ1) is 11.2. The zero-order chi connectivity index (χ0) is 16.1. The summed E-state index contributed by atoms with van der Waals surface area (Å²) < 4.78 is 9.75. The van der Waals surface area contributed by atoms with Crippen molar-refractivity contribution in [3.8, 4) is 17.1 Å². The third-order valence-corrected chi connectivity index (χ3v) is 3.79. The molecule has 0 aliphatic rings. The number of hydrogen-bond acceptors (Lipinski definition) is 5. The lowest BCUT2D eigenvalue weighted by molar-refractivity contribution is -0.118. The van der Waals surface area contributed by atoms with Crippen LogP contribution in [0.25, 0.3) is 11.4 Å². The fraction of sp³-hybridized carbons (Fsp3) is 0.118. The van der Waals surface area contributed by atoms with E-state index in [2.05, 4.69) is 14.7 Å². The van der Waals surface area contributed by atoms with Crippen molar-refractivity contribution in [2.75, 3.05) is 11.9 Å². The number of amides is 1. The molecule has 0 aliphatic carbocycles. The van der Waals surface area contributed by atoms with Crippen molar-refractivity contribution in [2.24, 2.45) is 0 Å². The summed E-state index contributed by atoms with van der Waals surface area (Å²) in [6.07, 6.45) is 0. The molecule has 0 saturated heterocycles. The molecular formula is C17H15N3O2S. The third kappa shape index (κ3) is 3.92.